The second kappa shape index (κ2) is 4.19. The Bertz CT molecular complexity index is 352. The van der Waals surface area contributed by atoms with Gasteiger partial charge in [-0.15, -0.1) is 6.58 Å². The van der Waals surface area contributed by atoms with E-state index in [1.165, 1.54) is 6.07 Å². The molecule has 0 saturated carbocycles. The van der Waals surface area contributed by atoms with Crippen LogP contribution in [0.25, 0.3) is 0 Å². The predicted molar refractivity (Wildman–Crippen MR) is 49.8 cm³/mol. The maximum Gasteiger partial charge on any atom is 0.200 e. The van der Waals surface area contributed by atoms with Crippen LogP contribution in [0, 0.1) is 11.6 Å². The van der Waals surface area contributed by atoms with Gasteiger partial charge in [0.2, 0.25) is 5.82 Å². The lowest BCUT2D eigenvalue weighted by atomic mass is 10.0. The Morgan fingerprint density at radius 2 is 2.14 bits per heavy atom. The molecule has 0 aliphatic carbocycles. The Hall–Kier alpha value is -1.42. The molecule has 0 saturated heterocycles. The molecule has 4 heteroatoms. The van der Waals surface area contributed by atoms with Gasteiger partial charge in [-0.1, -0.05) is 12.1 Å². The SMILES string of the molecule is C=CC[C@@H](N)c1ccc(F)c(F)c1O. The largest absolute Gasteiger partial charge is 0.505 e. The van der Waals surface area contributed by atoms with E-state index in [2.05, 4.69) is 6.58 Å². The first-order valence-electron chi connectivity index (χ1n) is 4.11. The quantitative estimate of drug-likeness (QED) is 0.733. The van der Waals surface area contributed by atoms with E-state index in [-0.39, 0.29) is 5.56 Å². The van der Waals surface area contributed by atoms with Crippen LogP contribution >= 0.6 is 0 Å². The molecule has 2 nitrogen and oxygen atoms in total. The lowest BCUT2D eigenvalue weighted by Crippen LogP contribution is -2.10. The van der Waals surface area contributed by atoms with Crippen molar-refractivity contribution in [3.05, 3.63) is 42.0 Å². The molecule has 0 amide bonds. The van der Waals surface area contributed by atoms with E-state index in [1.807, 2.05) is 0 Å². The van der Waals surface area contributed by atoms with Gasteiger partial charge in [0.25, 0.3) is 0 Å². The summed E-state index contributed by atoms with van der Waals surface area (Å²) in [5, 5.41) is 9.25. The fourth-order valence-electron chi connectivity index (χ4n) is 1.16. The highest BCUT2D eigenvalue weighted by atomic mass is 19.2. The van der Waals surface area contributed by atoms with E-state index >= 15 is 0 Å². The van der Waals surface area contributed by atoms with Crippen LogP contribution in [0.3, 0.4) is 0 Å². The molecule has 0 spiro atoms. The Kier molecular flexibility index (Phi) is 3.19. The van der Waals surface area contributed by atoms with Gasteiger partial charge in [0.05, 0.1) is 0 Å². The third kappa shape index (κ3) is 1.90. The van der Waals surface area contributed by atoms with E-state index in [0.29, 0.717) is 6.42 Å². The molecule has 1 atom stereocenters. The number of rotatable bonds is 3. The van der Waals surface area contributed by atoms with Crippen LogP contribution in [-0.2, 0) is 0 Å². The molecule has 1 rings (SSSR count). The van der Waals surface area contributed by atoms with Gasteiger partial charge >= 0.3 is 0 Å². The van der Waals surface area contributed by atoms with Crippen LogP contribution in [0.2, 0.25) is 0 Å². The van der Waals surface area contributed by atoms with Gasteiger partial charge < -0.3 is 10.8 Å². The number of benzene rings is 1. The molecule has 0 aliphatic rings. The van der Waals surface area contributed by atoms with Crippen LogP contribution in [0.1, 0.15) is 18.0 Å². The number of phenols is 1. The Morgan fingerprint density at radius 3 is 2.71 bits per heavy atom. The predicted octanol–water partition coefficient (Wildman–Crippen LogP) is 2.25. The smallest absolute Gasteiger partial charge is 0.200 e. The van der Waals surface area contributed by atoms with Crippen LogP contribution in [0.15, 0.2) is 24.8 Å². The Labute approximate surface area is 80.7 Å². The van der Waals surface area contributed by atoms with Crippen molar-refractivity contribution in [1.82, 2.24) is 0 Å². The fourth-order valence-corrected chi connectivity index (χ4v) is 1.16. The zero-order valence-corrected chi connectivity index (χ0v) is 7.50. The van der Waals surface area contributed by atoms with Gasteiger partial charge in [0.15, 0.2) is 11.6 Å². The van der Waals surface area contributed by atoms with Crippen LogP contribution < -0.4 is 5.73 Å². The molecule has 0 radical (unpaired) electrons. The van der Waals surface area contributed by atoms with Crippen molar-refractivity contribution in [2.24, 2.45) is 5.73 Å². The van der Waals surface area contributed by atoms with Crippen molar-refractivity contribution < 1.29 is 13.9 Å². The molecule has 0 aliphatic heterocycles. The van der Waals surface area contributed by atoms with Crippen molar-refractivity contribution in [2.75, 3.05) is 0 Å². The first-order chi connectivity index (χ1) is 6.57. The molecule has 1 aromatic rings. The highest BCUT2D eigenvalue weighted by Gasteiger charge is 2.16. The van der Waals surface area contributed by atoms with E-state index < -0.39 is 23.4 Å². The number of aromatic hydroxyl groups is 1. The van der Waals surface area contributed by atoms with Gasteiger partial charge in [-0.3, -0.25) is 0 Å². The molecule has 0 heterocycles. The van der Waals surface area contributed by atoms with E-state index in [9.17, 15) is 13.9 Å². The monoisotopic (exact) mass is 199 g/mol. The molecule has 0 bridgehead atoms. The summed E-state index contributed by atoms with van der Waals surface area (Å²) in [5.74, 6) is -3.07. The van der Waals surface area contributed by atoms with Gasteiger partial charge in [0.1, 0.15) is 0 Å². The second-order valence-corrected chi connectivity index (χ2v) is 2.93. The average Bonchev–Trinajstić information content (AvgIpc) is 2.15. The molecule has 0 fully saturated rings. The summed E-state index contributed by atoms with van der Waals surface area (Å²) in [6.45, 7) is 3.47. The van der Waals surface area contributed by atoms with Crippen molar-refractivity contribution in [3.63, 3.8) is 0 Å². The topological polar surface area (TPSA) is 46.2 Å². The molecular formula is C10H11F2NO. The summed E-state index contributed by atoms with van der Waals surface area (Å²) in [6, 6.07) is 1.64. The highest BCUT2D eigenvalue weighted by Crippen LogP contribution is 2.28. The summed E-state index contributed by atoms with van der Waals surface area (Å²) in [5.41, 5.74) is 5.79. The summed E-state index contributed by atoms with van der Waals surface area (Å²) in [4.78, 5) is 0. The molecule has 0 aromatic heterocycles. The maximum absolute atomic E-state index is 12.9. The van der Waals surface area contributed by atoms with Gasteiger partial charge in [-0.05, 0) is 12.5 Å². The lowest BCUT2D eigenvalue weighted by Gasteiger charge is -2.11. The Morgan fingerprint density at radius 1 is 1.50 bits per heavy atom. The third-order valence-electron chi connectivity index (χ3n) is 1.92. The van der Waals surface area contributed by atoms with Crippen LogP contribution in [0.5, 0.6) is 5.75 Å². The van der Waals surface area contributed by atoms with Gasteiger partial charge in [-0.25, -0.2) is 4.39 Å². The number of hydrogen-bond donors (Lipinski definition) is 2. The minimum absolute atomic E-state index is 0.184. The third-order valence-corrected chi connectivity index (χ3v) is 1.92. The number of nitrogens with two attached hydrogens (primary N) is 1. The molecule has 1 aromatic carbocycles. The van der Waals surface area contributed by atoms with Crippen LogP contribution in [-0.4, -0.2) is 5.11 Å². The molecule has 76 valence electrons. The first-order valence-corrected chi connectivity index (χ1v) is 4.11. The van der Waals surface area contributed by atoms with E-state index in [1.54, 1.807) is 6.08 Å². The van der Waals surface area contributed by atoms with Crippen LogP contribution in [0.4, 0.5) is 8.78 Å². The number of hydrogen-bond acceptors (Lipinski definition) is 2. The summed E-state index contributed by atoms with van der Waals surface area (Å²) < 4.78 is 25.5. The summed E-state index contributed by atoms with van der Waals surface area (Å²) >= 11 is 0. The zero-order valence-electron chi connectivity index (χ0n) is 7.50. The molecule has 14 heavy (non-hydrogen) atoms. The molecule has 3 N–H and O–H groups in total. The number of halogens is 2. The Balaban J connectivity index is 3.10. The molecular weight excluding hydrogens is 188 g/mol. The second-order valence-electron chi connectivity index (χ2n) is 2.93. The summed E-state index contributed by atoms with van der Waals surface area (Å²) in [6.07, 6.45) is 1.93. The minimum atomic E-state index is -1.26. The van der Waals surface area contributed by atoms with Crippen molar-refractivity contribution in [1.29, 1.82) is 0 Å². The average molecular weight is 199 g/mol. The maximum atomic E-state index is 12.9. The first kappa shape index (κ1) is 10.7. The van der Waals surface area contributed by atoms with Gasteiger partial charge in [0, 0.05) is 11.6 Å². The van der Waals surface area contributed by atoms with Crippen molar-refractivity contribution in [3.8, 4) is 5.75 Å². The lowest BCUT2D eigenvalue weighted by molar-refractivity contribution is 0.397. The normalized spacial score (nSPS) is 12.5. The molecule has 0 unspecified atom stereocenters. The van der Waals surface area contributed by atoms with E-state index in [0.717, 1.165) is 6.07 Å². The summed E-state index contributed by atoms with van der Waals surface area (Å²) in [7, 11) is 0. The van der Waals surface area contributed by atoms with Crippen molar-refractivity contribution in [2.45, 2.75) is 12.5 Å². The van der Waals surface area contributed by atoms with Gasteiger partial charge in [-0.2, -0.15) is 4.39 Å². The minimum Gasteiger partial charge on any atom is -0.505 e. The van der Waals surface area contributed by atoms with Crippen molar-refractivity contribution >= 4 is 0 Å². The van der Waals surface area contributed by atoms with E-state index in [4.69, 9.17) is 5.73 Å². The highest BCUT2D eigenvalue weighted by molar-refractivity contribution is 5.36. The zero-order chi connectivity index (χ0) is 10.7. The fraction of sp³-hybridized carbons (Fsp3) is 0.200. The number of phenolic OH excluding ortho intramolecular Hbond substituents is 1. The standard InChI is InChI=1S/C10H11F2NO/c1-2-3-8(13)6-4-5-7(11)9(12)10(6)14/h2,4-5,8,14H,1,3,13H2/t8-/m1/s1.